The zero-order chi connectivity index (χ0) is 44.0. The fourth-order valence-corrected chi connectivity index (χ4v) is 17.3. The summed E-state index contributed by atoms with van der Waals surface area (Å²) in [5.41, 5.74) is 11.1. The summed E-state index contributed by atoms with van der Waals surface area (Å²) >= 11 is 3.70. The van der Waals surface area contributed by atoms with E-state index in [0.29, 0.717) is 0 Å². The van der Waals surface area contributed by atoms with Crippen molar-refractivity contribution in [2.24, 2.45) is 0 Å². The fraction of sp³-hybridized carbons (Fsp3) is 0.0164. The topological polar surface area (TPSA) is 35.1 Å². The van der Waals surface area contributed by atoms with Crippen LogP contribution >= 0.6 is 30.2 Å². The first-order chi connectivity index (χ1) is 33.1. The van der Waals surface area contributed by atoms with Crippen molar-refractivity contribution in [2.45, 2.75) is 15.2 Å². The number of hydrogen-bond acceptors (Lipinski definition) is 4. The predicted octanol–water partition coefficient (Wildman–Crippen LogP) is 15.5. The van der Waals surface area contributed by atoms with Crippen LogP contribution in [0.4, 0.5) is 0 Å². The molecule has 15 rings (SSSR count). The van der Waals surface area contributed by atoms with Crippen LogP contribution in [0.1, 0.15) is 22.3 Å². The van der Waals surface area contributed by atoms with Crippen LogP contribution in [0.5, 0.6) is 0 Å². The van der Waals surface area contributed by atoms with E-state index >= 15 is 4.57 Å². The van der Waals surface area contributed by atoms with Crippen molar-refractivity contribution in [3.8, 4) is 16.8 Å². The number of aromatic nitrogens is 1. The molecule has 3 aromatic heterocycles. The number of fused-ring (bicyclic) bond motifs is 17. The van der Waals surface area contributed by atoms with Gasteiger partial charge in [0.05, 0.1) is 16.4 Å². The number of benzene rings is 10. The molecule has 2 aliphatic rings. The highest BCUT2D eigenvalue weighted by Gasteiger charge is 2.54. The van der Waals surface area contributed by atoms with Gasteiger partial charge in [-0.25, -0.2) is 0 Å². The molecule has 67 heavy (non-hydrogen) atoms. The third-order valence-electron chi connectivity index (χ3n) is 14.5. The van der Waals surface area contributed by atoms with Crippen LogP contribution in [0.3, 0.4) is 0 Å². The molecule has 0 N–H and O–H groups in total. The SMILES string of the molecule is O=P1(c2ccccc2)c2ccccc2C2(c3ccccc3Sc3cc(-n4c5ccccc5c5cc(-c6cccc7c6sc6ccccc67)ccc54)ccc32)c2cc3c(cc21)oc1ccccc13. The average molecular weight is 910 g/mol. The van der Waals surface area contributed by atoms with Gasteiger partial charge >= 0.3 is 0 Å². The maximum atomic E-state index is 16.6. The first-order valence-electron chi connectivity index (χ1n) is 22.7. The maximum Gasteiger partial charge on any atom is 0.171 e. The number of thiophene rings is 1. The smallest absolute Gasteiger partial charge is 0.171 e. The highest BCUT2D eigenvalue weighted by molar-refractivity contribution is 7.99. The lowest BCUT2D eigenvalue weighted by molar-refractivity contribution is 0.589. The number of nitrogens with zero attached hydrogens (tertiary/aromatic N) is 1. The monoisotopic (exact) mass is 909 g/mol. The molecule has 2 aliphatic heterocycles. The van der Waals surface area contributed by atoms with Gasteiger partial charge in [0.2, 0.25) is 0 Å². The molecule has 2 unspecified atom stereocenters. The Morgan fingerprint density at radius 2 is 1.16 bits per heavy atom. The molecule has 10 aromatic carbocycles. The van der Waals surface area contributed by atoms with Gasteiger partial charge in [-0.15, -0.1) is 11.3 Å². The van der Waals surface area contributed by atoms with Gasteiger partial charge in [-0.3, -0.25) is 0 Å². The van der Waals surface area contributed by atoms with Gasteiger partial charge in [-0.2, -0.15) is 0 Å². The largest absolute Gasteiger partial charge is 0.456 e. The minimum absolute atomic E-state index is 0.745. The Bertz CT molecular complexity index is 4310. The standard InChI is InChI=1S/C61H36NO2PS2/c63-65(39-15-2-1-3-16-39)55-26-11-7-22-47(55)61(50-35-46-42-18-5-10-25-53(42)64-54(46)36-56(50)65)48-23-8-13-28-58(48)66-59-34-38(30-31-49(59)61)62-51-24-9-4-17-41(51)45-33-37(29-32-52(45)62)40-20-14-21-44-43-19-6-12-27-57(43)67-60(40)44/h1-36H. The highest BCUT2D eigenvalue weighted by Crippen LogP contribution is 2.62. The summed E-state index contributed by atoms with van der Waals surface area (Å²) in [6.45, 7) is 0. The van der Waals surface area contributed by atoms with Crippen molar-refractivity contribution < 1.29 is 8.98 Å². The Balaban J connectivity index is 0.994. The van der Waals surface area contributed by atoms with Gasteiger partial charge in [0.15, 0.2) is 7.14 Å². The van der Waals surface area contributed by atoms with Crippen molar-refractivity contribution in [3.63, 3.8) is 0 Å². The summed E-state index contributed by atoms with van der Waals surface area (Å²) in [5.74, 6) is 0. The fourth-order valence-electron chi connectivity index (χ4n) is 11.7. The van der Waals surface area contributed by atoms with Crippen LogP contribution in [-0.4, -0.2) is 4.57 Å². The van der Waals surface area contributed by atoms with Crippen molar-refractivity contribution in [2.75, 3.05) is 0 Å². The molecule has 0 saturated carbocycles. The molecule has 6 heteroatoms. The molecule has 0 bridgehead atoms. The Labute approximate surface area is 393 Å². The third-order valence-corrected chi connectivity index (χ3v) is 20.0. The first-order valence-corrected chi connectivity index (χ1v) is 26.0. The molecule has 0 amide bonds. The van der Waals surface area contributed by atoms with Gasteiger partial charge in [0, 0.05) is 73.1 Å². The number of rotatable bonds is 3. The van der Waals surface area contributed by atoms with Crippen LogP contribution in [-0.2, 0) is 9.98 Å². The van der Waals surface area contributed by atoms with Crippen LogP contribution in [0.2, 0.25) is 0 Å². The minimum Gasteiger partial charge on any atom is -0.456 e. The van der Waals surface area contributed by atoms with E-state index in [1.54, 1.807) is 0 Å². The maximum absolute atomic E-state index is 16.6. The molecular weight excluding hydrogens is 874 g/mol. The van der Waals surface area contributed by atoms with E-state index in [1.807, 2.05) is 65.6 Å². The summed E-state index contributed by atoms with van der Waals surface area (Å²) in [6.07, 6.45) is 0. The normalized spacial score (nSPS) is 17.4. The Kier molecular flexibility index (Phi) is 7.79. The lowest BCUT2D eigenvalue weighted by Crippen LogP contribution is -2.48. The van der Waals surface area contributed by atoms with E-state index in [9.17, 15) is 0 Å². The average Bonchev–Trinajstić information content (AvgIpc) is 4.06. The van der Waals surface area contributed by atoms with Gasteiger partial charge in [0.1, 0.15) is 11.2 Å². The molecule has 13 aromatic rings. The van der Waals surface area contributed by atoms with E-state index in [-0.39, 0.29) is 0 Å². The van der Waals surface area contributed by atoms with Gasteiger partial charge in [-0.1, -0.05) is 169 Å². The summed E-state index contributed by atoms with van der Waals surface area (Å²) in [4.78, 5) is 2.35. The van der Waals surface area contributed by atoms with Gasteiger partial charge in [-0.05, 0) is 94.0 Å². The molecule has 314 valence electrons. The second-order valence-electron chi connectivity index (χ2n) is 17.8. The third kappa shape index (κ3) is 5.01. The Morgan fingerprint density at radius 1 is 0.448 bits per heavy atom. The zero-order valence-corrected chi connectivity index (χ0v) is 38.3. The zero-order valence-electron chi connectivity index (χ0n) is 35.8. The van der Waals surface area contributed by atoms with Crippen LogP contribution in [0.25, 0.3) is 80.7 Å². The number of hydrogen-bond donors (Lipinski definition) is 0. The first kappa shape index (κ1) is 37.8. The van der Waals surface area contributed by atoms with Gasteiger partial charge < -0.3 is 13.5 Å². The van der Waals surface area contributed by atoms with Crippen LogP contribution in [0.15, 0.2) is 233 Å². The summed E-state index contributed by atoms with van der Waals surface area (Å²) in [7, 11) is -3.43. The van der Waals surface area contributed by atoms with Crippen molar-refractivity contribution >= 4 is 110 Å². The van der Waals surface area contributed by atoms with E-state index in [4.69, 9.17) is 4.42 Å². The molecule has 0 saturated heterocycles. The second kappa shape index (κ2) is 13.8. The lowest BCUT2D eigenvalue weighted by atomic mass is 9.64. The van der Waals surface area contributed by atoms with Gasteiger partial charge in [0.25, 0.3) is 0 Å². The number of para-hydroxylation sites is 2. The van der Waals surface area contributed by atoms with Crippen molar-refractivity contribution in [3.05, 3.63) is 241 Å². The molecule has 0 radical (unpaired) electrons. The van der Waals surface area contributed by atoms with Crippen molar-refractivity contribution in [1.82, 2.24) is 4.57 Å². The quantitative estimate of drug-likeness (QED) is 0.166. The van der Waals surface area contributed by atoms with E-state index in [2.05, 4.69) is 180 Å². The predicted molar refractivity (Wildman–Crippen MR) is 282 cm³/mol. The highest BCUT2D eigenvalue weighted by atomic mass is 32.2. The Morgan fingerprint density at radius 3 is 2.07 bits per heavy atom. The van der Waals surface area contributed by atoms with E-state index in [1.165, 1.54) is 63.0 Å². The molecular formula is C61H36NO2PS2. The molecule has 3 nitrogen and oxygen atoms in total. The Hall–Kier alpha value is -7.40. The molecule has 5 heterocycles. The summed E-state index contributed by atoms with van der Waals surface area (Å²) < 4.78 is 28.3. The van der Waals surface area contributed by atoms with Crippen LogP contribution in [0, 0.1) is 0 Å². The van der Waals surface area contributed by atoms with Crippen LogP contribution < -0.4 is 15.9 Å². The number of furan rings is 1. The second-order valence-corrected chi connectivity index (χ2v) is 22.7. The summed E-state index contributed by atoms with van der Waals surface area (Å²) in [5, 5.41) is 9.64. The van der Waals surface area contributed by atoms with Crippen molar-refractivity contribution in [1.29, 1.82) is 0 Å². The minimum atomic E-state index is -3.43. The molecule has 2 atom stereocenters. The molecule has 1 spiro atoms. The molecule has 0 aliphatic carbocycles. The van der Waals surface area contributed by atoms with E-state index < -0.39 is 12.6 Å². The lowest BCUT2D eigenvalue weighted by Gasteiger charge is -2.47. The van der Waals surface area contributed by atoms with E-state index in [0.717, 1.165) is 65.7 Å². The summed E-state index contributed by atoms with van der Waals surface area (Å²) in [6, 6.07) is 78.5. The molecule has 0 fully saturated rings.